The first-order valence-electron chi connectivity index (χ1n) is 12.7. The molecule has 0 bridgehead atoms. The van der Waals surface area contributed by atoms with Gasteiger partial charge in [0.05, 0.1) is 23.8 Å². The van der Waals surface area contributed by atoms with E-state index in [2.05, 4.69) is 10.2 Å². The Morgan fingerprint density at radius 1 is 1.19 bits per heavy atom. The molecule has 37 heavy (non-hydrogen) atoms. The average Bonchev–Trinajstić information content (AvgIpc) is 3.72. The van der Waals surface area contributed by atoms with Gasteiger partial charge in [0, 0.05) is 37.2 Å². The van der Waals surface area contributed by atoms with E-state index in [1.54, 1.807) is 47.4 Å². The number of amides is 2. The number of aromatic carboxylic acids is 1. The molecule has 1 fully saturated rings. The number of hydrogen-bond acceptors (Lipinski definition) is 6. The van der Waals surface area contributed by atoms with Crippen LogP contribution in [0.5, 0.6) is 5.75 Å². The second-order valence-corrected chi connectivity index (χ2v) is 10.3. The number of rotatable bonds is 9. The average molecular weight is 510 g/mol. The zero-order valence-corrected chi connectivity index (χ0v) is 21.5. The molecule has 9 heteroatoms. The number of carbonyl (C=O) groups excluding carboxylic acids is 2. The Morgan fingerprint density at radius 2 is 1.89 bits per heavy atom. The molecule has 1 aliphatic carbocycles. The minimum Gasteiger partial charge on any atom is -0.488 e. The van der Waals surface area contributed by atoms with Crippen LogP contribution in [0.2, 0.25) is 0 Å². The van der Waals surface area contributed by atoms with Gasteiger partial charge in [0.2, 0.25) is 5.91 Å². The van der Waals surface area contributed by atoms with E-state index in [9.17, 15) is 19.5 Å². The third kappa shape index (κ3) is 6.47. The van der Waals surface area contributed by atoms with E-state index in [0.29, 0.717) is 36.6 Å². The highest BCUT2D eigenvalue weighted by Gasteiger charge is 2.34. The van der Waals surface area contributed by atoms with E-state index in [4.69, 9.17) is 9.84 Å². The van der Waals surface area contributed by atoms with Crippen LogP contribution in [-0.4, -0.2) is 76.7 Å². The molecule has 2 aliphatic rings. The number of ether oxygens (including phenoxy) is 1. The smallest absolute Gasteiger partial charge is 0.335 e. The van der Waals surface area contributed by atoms with E-state index >= 15 is 0 Å². The van der Waals surface area contributed by atoms with Crippen molar-refractivity contribution < 1.29 is 29.3 Å². The molecule has 198 valence electrons. The monoisotopic (exact) mass is 509 g/mol. The number of carboxylic acid groups (broad SMARTS) is 1. The quantitative estimate of drug-likeness (QED) is 0.475. The maximum atomic E-state index is 13.5. The molecule has 2 amide bonds. The molecule has 0 spiro atoms. The van der Waals surface area contributed by atoms with Crippen LogP contribution >= 0.6 is 0 Å². The van der Waals surface area contributed by atoms with Crippen LogP contribution in [0.15, 0.2) is 42.5 Å². The maximum Gasteiger partial charge on any atom is 0.335 e. The summed E-state index contributed by atoms with van der Waals surface area (Å²) in [7, 11) is 1.97. The number of aliphatic hydroxyl groups excluding tert-OH is 1. The van der Waals surface area contributed by atoms with Crippen molar-refractivity contribution >= 4 is 23.5 Å². The van der Waals surface area contributed by atoms with E-state index in [0.717, 1.165) is 18.4 Å². The normalized spacial score (nSPS) is 20.5. The molecule has 0 saturated heterocycles. The summed E-state index contributed by atoms with van der Waals surface area (Å²) in [6, 6.07) is 11.6. The summed E-state index contributed by atoms with van der Waals surface area (Å²) in [6.07, 6.45) is 1.52. The van der Waals surface area contributed by atoms with Gasteiger partial charge in [-0.2, -0.15) is 0 Å². The molecule has 2 aromatic rings. The predicted octanol–water partition coefficient (Wildman–Crippen LogP) is 3.09. The summed E-state index contributed by atoms with van der Waals surface area (Å²) in [5, 5.41) is 21.9. The van der Waals surface area contributed by atoms with Crippen molar-refractivity contribution in [3.05, 3.63) is 59.2 Å². The Bertz CT molecular complexity index is 1150. The van der Waals surface area contributed by atoms with Gasteiger partial charge in [-0.1, -0.05) is 19.1 Å². The van der Waals surface area contributed by atoms with Crippen LogP contribution in [0, 0.1) is 11.8 Å². The summed E-state index contributed by atoms with van der Waals surface area (Å²) >= 11 is 0. The zero-order valence-electron chi connectivity index (χ0n) is 21.5. The van der Waals surface area contributed by atoms with Gasteiger partial charge in [0.25, 0.3) is 5.91 Å². The SMILES string of the molecule is C[C@@H]1CN([C@H](C)CO)C(=O)c2cc(NC(=O)C3CC3)ccc2O[C@H]1CN(C)Cc1ccc(C(=O)O)cc1. The number of anilines is 1. The number of carbonyl (C=O) groups is 3. The van der Waals surface area contributed by atoms with Gasteiger partial charge < -0.3 is 25.2 Å². The largest absolute Gasteiger partial charge is 0.488 e. The molecular weight excluding hydrogens is 474 g/mol. The van der Waals surface area contributed by atoms with Crippen molar-refractivity contribution in [3.63, 3.8) is 0 Å². The van der Waals surface area contributed by atoms with Gasteiger partial charge in [-0.05, 0) is 62.7 Å². The lowest BCUT2D eigenvalue weighted by Gasteiger charge is -2.38. The van der Waals surface area contributed by atoms with Crippen LogP contribution in [0.25, 0.3) is 0 Å². The fourth-order valence-corrected chi connectivity index (χ4v) is 4.54. The van der Waals surface area contributed by atoms with Crippen molar-refractivity contribution in [2.75, 3.05) is 32.1 Å². The molecule has 1 saturated carbocycles. The molecule has 0 unspecified atom stereocenters. The topological polar surface area (TPSA) is 119 Å². The Labute approximate surface area is 217 Å². The zero-order chi connectivity index (χ0) is 26.7. The Balaban J connectivity index is 1.55. The molecule has 3 atom stereocenters. The summed E-state index contributed by atoms with van der Waals surface area (Å²) < 4.78 is 6.42. The number of fused-ring (bicyclic) bond motifs is 1. The first kappa shape index (κ1) is 26.6. The predicted molar refractivity (Wildman–Crippen MR) is 139 cm³/mol. The second kappa shape index (κ2) is 11.3. The lowest BCUT2D eigenvalue weighted by molar-refractivity contribution is -0.117. The van der Waals surface area contributed by atoms with Gasteiger partial charge in [-0.15, -0.1) is 0 Å². The van der Waals surface area contributed by atoms with E-state index in [1.807, 2.05) is 20.9 Å². The molecule has 1 heterocycles. The Hall–Kier alpha value is -3.43. The standard InChI is InChI=1S/C28H35N3O6/c1-17-13-31(18(2)16-32)27(34)23-12-22(29-26(33)20-8-9-20)10-11-24(23)37-25(17)15-30(3)14-19-4-6-21(7-5-19)28(35)36/h4-7,10-12,17-18,20,25,32H,8-9,13-16H2,1-3H3,(H,29,33)(H,35,36)/t17-,18-,25+/m1/s1. The number of nitrogens with one attached hydrogen (secondary N) is 1. The Morgan fingerprint density at radius 3 is 2.51 bits per heavy atom. The molecule has 1 aliphatic heterocycles. The number of aliphatic hydroxyl groups is 1. The summed E-state index contributed by atoms with van der Waals surface area (Å²) in [5.74, 6) is -0.777. The number of likely N-dealkylation sites (N-methyl/N-ethyl adjacent to an activating group) is 1. The lowest BCUT2D eigenvalue weighted by Crippen LogP contribution is -2.49. The third-order valence-corrected chi connectivity index (χ3v) is 7.03. The van der Waals surface area contributed by atoms with Crippen molar-refractivity contribution in [3.8, 4) is 5.75 Å². The Kier molecular flexibility index (Phi) is 8.14. The number of benzene rings is 2. The third-order valence-electron chi connectivity index (χ3n) is 7.03. The van der Waals surface area contributed by atoms with E-state index in [1.165, 1.54) is 0 Å². The van der Waals surface area contributed by atoms with E-state index < -0.39 is 5.97 Å². The van der Waals surface area contributed by atoms with Crippen LogP contribution in [0.4, 0.5) is 5.69 Å². The summed E-state index contributed by atoms with van der Waals surface area (Å²) in [4.78, 5) is 40.7. The lowest BCUT2D eigenvalue weighted by atomic mass is 9.99. The minimum atomic E-state index is -0.957. The molecular formula is C28H35N3O6. The highest BCUT2D eigenvalue weighted by Crippen LogP contribution is 2.33. The van der Waals surface area contributed by atoms with Crippen LogP contribution in [-0.2, 0) is 11.3 Å². The van der Waals surface area contributed by atoms with Gasteiger partial charge >= 0.3 is 5.97 Å². The van der Waals surface area contributed by atoms with E-state index in [-0.39, 0.29) is 48.0 Å². The molecule has 3 N–H and O–H groups in total. The molecule has 2 aromatic carbocycles. The van der Waals surface area contributed by atoms with Gasteiger partial charge in [-0.25, -0.2) is 4.79 Å². The second-order valence-electron chi connectivity index (χ2n) is 10.3. The summed E-state index contributed by atoms with van der Waals surface area (Å²) in [6.45, 7) is 5.25. The van der Waals surface area contributed by atoms with Gasteiger partial charge in [-0.3, -0.25) is 14.5 Å². The molecule has 9 nitrogen and oxygen atoms in total. The fourth-order valence-electron chi connectivity index (χ4n) is 4.54. The number of hydrogen-bond donors (Lipinski definition) is 3. The van der Waals surface area contributed by atoms with Crippen molar-refractivity contribution in [2.24, 2.45) is 11.8 Å². The number of nitrogens with zero attached hydrogens (tertiary/aromatic N) is 2. The minimum absolute atomic E-state index is 0.0304. The summed E-state index contributed by atoms with van der Waals surface area (Å²) in [5.41, 5.74) is 2.14. The fraction of sp³-hybridized carbons (Fsp3) is 0.464. The molecule has 0 aromatic heterocycles. The highest BCUT2D eigenvalue weighted by atomic mass is 16.5. The van der Waals surface area contributed by atoms with Crippen molar-refractivity contribution in [2.45, 2.75) is 45.4 Å². The van der Waals surface area contributed by atoms with Crippen molar-refractivity contribution in [1.82, 2.24) is 9.80 Å². The van der Waals surface area contributed by atoms with Crippen LogP contribution < -0.4 is 10.1 Å². The first-order chi connectivity index (χ1) is 17.7. The number of carboxylic acids is 1. The first-order valence-corrected chi connectivity index (χ1v) is 12.7. The maximum absolute atomic E-state index is 13.5. The van der Waals surface area contributed by atoms with Gasteiger partial charge in [0.1, 0.15) is 11.9 Å². The highest BCUT2D eigenvalue weighted by molar-refractivity contribution is 6.00. The van der Waals surface area contributed by atoms with Crippen LogP contribution in [0.1, 0.15) is 53.0 Å². The van der Waals surface area contributed by atoms with Gasteiger partial charge in [0.15, 0.2) is 0 Å². The van der Waals surface area contributed by atoms with Crippen molar-refractivity contribution in [1.29, 1.82) is 0 Å². The molecule has 4 rings (SSSR count). The van der Waals surface area contributed by atoms with Crippen LogP contribution in [0.3, 0.4) is 0 Å². The molecule has 0 radical (unpaired) electrons.